The third kappa shape index (κ3) is 1.53. The molecule has 0 atom stereocenters. The van der Waals surface area contributed by atoms with Crippen LogP contribution in [-0.4, -0.2) is 16.7 Å². The standard InChI is InChI=1S/C8H14N2O/c1-8(2,3)10-6-5-9-7(10)11-4/h5-6H,1-4H3. The smallest absolute Gasteiger partial charge is 0.296 e. The van der Waals surface area contributed by atoms with Gasteiger partial charge in [-0.3, -0.25) is 4.57 Å². The van der Waals surface area contributed by atoms with Gasteiger partial charge in [0.05, 0.1) is 7.11 Å². The number of methoxy groups -OCH3 is 1. The van der Waals surface area contributed by atoms with E-state index in [1.165, 1.54) is 0 Å². The van der Waals surface area contributed by atoms with E-state index in [1.807, 2.05) is 10.8 Å². The predicted molar refractivity (Wildman–Crippen MR) is 43.8 cm³/mol. The van der Waals surface area contributed by atoms with Gasteiger partial charge < -0.3 is 4.74 Å². The Kier molecular flexibility index (Phi) is 1.89. The molecule has 0 N–H and O–H groups in total. The zero-order valence-corrected chi connectivity index (χ0v) is 7.46. The molecule has 0 spiro atoms. The van der Waals surface area contributed by atoms with Gasteiger partial charge in [0.25, 0.3) is 6.01 Å². The molecule has 0 saturated heterocycles. The molecule has 1 aromatic heterocycles. The molecule has 3 nitrogen and oxygen atoms in total. The second kappa shape index (κ2) is 2.57. The summed E-state index contributed by atoms with van der Waals surface area (Å²) in [5.74, 6) is 0. The Morgan fingerprint density at radius 3 is 2.45 bits per heavy atom. The molecule has 0 aliphatic rings. The molecule has 1 rings (SSSR count). The quantitative estimate of drug-likeness (QED) is 0.615. The van der Waals surface area contributed by atoms with Gasteiger partial charge in [-0.25, -0.2) is 4.98 Å². The third-order valence-electron chi connectivity index (χ3n) is 1.51. The summed E-state index contributed by atoms with van der Waals surface area (Å²) in [4.78, 5) is 4.04. The van der Waals surface area contributed by atoms with Crippen molar-refractivity contribution in [2.45, 2.75) is 26.3 Å². The Bertz CT molecular complexity index is 234. The molecule has 1 heterocycles. The monoisotopic (exact) mass is 154 g/mol. The lowest BCUT2D eigenvalue weighted by Gasteiger charge is -2.21. The van der Waals surface area contributed by atoms with Gasteiger partial charge >= 0.3 is 0 Å². The minimum absolute atomic E-state index is 0.0435. The van der Waals surface area contributed by atoms with Crippen molar-refractivity contribution >= 4 is 0 Å². The Labute approximate surface area is 67.0 Å². The maximum Gasteiger partial charge on any atom is 0.296 e. The van der Waals surface area contributed by atoms with Crippen molar-refractivity contribution in [3.05, 3.63) is 12.4 Å². The van der Waals surface area contributed by atoms with E-state index in [-0.39, 0.29) is 5.54 Å². The molecule has 0 aliphatic carbocycles. The lowest BCUT2D eigenvalue weighted by molar-refractivity contribution is 0.298. The summed E-state index contributed by atoms with van der Waals surface area (Å²) in [7, 11) is 1.63. The number of hydrogen-bond acceptors (Lipinski definition) is 2. The summed E-state index contributed by atoms with van der Waals surface area (Å²) in [5.41, 5.74) is 0.0435. The summed E-state index contributed by atoms with van der Waals surface area (Å²) in [6.45, 7) is 6.32. The van der Waals surface area contributed by atoms with Crippen LogP contribution in [0.4, 0.5) is 0 Å². The van der Waals surface area contributed by atoms with Crippen molar-refractivity contribution < 1.29 is 4.74 Å². The van der Waals surface area contributed by atoms with Crippen LogP contribution in [0.1, 0.15) is 20.8 Å². The average molecular weight is 154 g/mol. The molecular weight excluding hydrogens is 140 g/mol. The molecule has 0 saturated carbocycles. The Balaban J connectivity index is 3.02. The second-order valence-corrected chi connectivity index (χ2v) is 3.45. The molecular formula is C8H14N2O. The fourth-order valence-corrected chi connectivity index (χ4v) is 0.951. The molecule has 62 valence electrons. The molecule has 0 amide bonds. The maximum atomic E-state index is 5.06. The van der Waals surface area contributed by atoms with E-state index in [0.29, 0.717) is 6.01 Å². The SMILES string of the molecule is COc1nccn1C(C)(C)C. The van der Waals surface area contributed by atoms with Crippen molar-refractivity contribution in [3.8, 4) is 6.01 Å². The van der Waals surface area contributed by atoms with Gasteiger partial charge in [0.1, 0.15) is 0 Å². The molecule has 0 aromatic carbocycles. The molecule has 11 heavy (non-hydrogen) atoms. The minimum atomic E-state index is 0.0435. The number of nitrogens with zero attached hydrogens (tertiary/aromatic N) is 2. The highest BCUT2D eigenvalue weighted by Crippen LogP contribution is 2.19. The molecule has 3 heteroatoms. The van der Waals surface area contributed by atoms with Crippen LogP contribution in [0.2, 0.25) is 0 Å². The van der Waals surface area contributed by atoms with Crippen molar-refractivity contribution in [2.75, 3.05) is 7.11 Å². The molecule has 1 aromatic rings. The first-order chi connectivity index (χ1) is 5.05. The second-order valence-electron chi connectivity index (χ2n) is 3.45. The van der Waals surface area contributed by atoms with Crippen molar-refractivity contribution in [3.63, 3.8) is 0 Å². The highest BCUT2D eigenvalue weighted by Gasteiger charge is 2.16. The van der Waals surface area contributed by atoms with Gasteiger partial charge in [0.15, 0.2) is 0 Å². The fourth-order valence-electron chi connectivity index (χ4n) is 0.951. The highest BCUT2D eigenvalue weighted by atomic mass is 16.5. The van der Waals surface area contributed by atoms with Crippen molar-refractivity contribution in [1.29, 1.82) is 0 Å². The van der Waals surface area contributed by atoms with Crippen molar-refractivity contribution in [1.82, 2.24) is 9.55 Å². The van der Waals surface area contributed by atoms with Crippen LogP contribution < -0.4 is 4.74 Å². The molecule has 0 bridgehead atoms. The van der Waals surface area contributed by atoms with Gasteiger partial charge in [-0.05, 0) is 20.8 Å². The Morgan fingerprint density at radius 2 is 2.09 bits per heavy atom. The van der Waals surface area contributed by atoms with E-state index in [2.05, 4.69) is 25.8 Å². The van der Waals surface area contributed by atoms with Crippen LogP contribution in [0, 0.1) is 0 Å². The van der Waals surface area contributed by atoms with Crippen LogP contribution in [0.25, 0.3) is 0 Å². The summed E-state index contributed by atoms with van der Waals surface area (Å²) in [5, 5.41) is 0. The first-order valence-corrected chi connectivity index (χ1v) is 3.63. The molecule has 0 unspecified atom stereocenters. The lowest BCUT2D eigenvalue weighted by atomic mass is 10.1. The topological polar surface area (TPSA) is 27.1 Å². The first-order valence-electron chi connectivity index (χ1n) is 3.63. The van der Waals surface area contributed by atoms with Crippen LogP contribution in [0.5, 0.6) is 6.01 Å². The van der Waals surface area contributed by atoms with Gasteiger partial charge in [0, 0.05) is 17.9 Å². The number of rotatable bonds is 1. The Morgan fingerprint density at radius 1 is 1.45 bits per heavy atom. The molecule has 0 fully saturated rings. The average Bonchev–Trinajstić information content (AvgIpc) is 2.31. The van der Waals surface area contributed by atoms with Gasteiger partial charge in [-0.2, -0.15) is 0 Å². The zero-order valence-electron chi connectivity index (χ0n) is 7.46. The van der Waals surface area contributed by atoms with Crippen LogP contribution in [0.15, 0.2) is 12.4 Å². The zero-order chi connectivity index (χ0) is 8.48. The summed E-state index contributed by atoms with van der Waals surface area (Å²) in [6.07, 6.45) is 3.66. The normalized spacial score (nSPS) is 11.6. The Hall–Kier alpha value is -0.990. The number of ether oxygens (including phenoxy) is 1. The van der Waals surface area contributed by atoms with Gasteiger partial charge in [0.2, 0.25) is 0 Å². The van der Waals surface area contributed by atoms with E-state index in [1.54, 1.807) is 13.3 Å². The molecule has 0 aliphatic heterocycles. The van der Waals surface area contributed by atoms with E-state index in [9.17, 15) is 0 Å². The largest absolute Gasteiger partial charge is 0.468 e. The van der Waals surface area contributed by atoms with E-state index in [0.717, 1.165) is 0 Å². The summed E-state index contributed by atoms with van der Waals surface area (Å²) < 4.78 is 7.06. The summed E-state index contributed by atoms with van der Waals surface area (Å²) in [6, 6.07) is 0.664. The van der Waals surface area contributed by atoms with Crippen LogP contribution in [0.3, 0.4) is 0 Å². The van der Waals surface area contributed by atoms with Crippen LogP contribution in [-0.2, 0) is 5.54 Å². The maximum absolute atomic E-state index is 5.06. The third-order valence-corrected chi connectivity index (χ3v) is 1.51. The fraction of sp³-hybridized carbons (Fsp3) is 0.625. The van der Waals surface area contributed by atoms with Gasteiger partial charge in [-0.15, -0.1) is 0 Å². The van der Waals surface area contributed by atoms with E-state index in [4.69, 9.17) is 4.74 Å². The first kappa shape index (κ1) is 8.11. The number of imidazole rings is 1. The van der Waals surface area contributed by atoms with E-state index < -0.39 is 0 Å². The summed E-state index contributed by atoms with van der Waals surface area (Å²) >= 11 is 0. The van der Waals surface area contributed by atoms with Gasteiger partial charge in [-0.1, -0.05) is 0 Å². The minimum Gasteiger partial charge on any atom is -0.468 e. The predicted octanol–water partition coefficient (Wildman–Crippen LogP) is 1.65. The molecule has 0 radical (unpaired) electrons. The van der Waals surface area contributed by atoms with Crippen molar-refractivity contribution in [2.24, 2.45) is 0 Å². The lowest BCUT2D eigenvalue weighted by Crippen LogP contribution is -2.21. The number of hydrogen-bond donors (Lipinski definition) is 0. The van der Waals surface area contributed by atoms with Crippen LogP contribution >= 0.6 is 0 Å². The number of aromatic nitrogens is 2. The van der Waals surface area contributed by atoms with E-state index >= 15 is 0 Å². The highest BCUT2D eigenvalue weighted by molar-refractivity contribution is 5.02.